The van der Waals surface area contributed by atoms with Gasteiger partial charge in [-0.1, -0.05) is 6.08 Å². The van der Waals surface area contributed by atoms with E-state index >= 15 is 0 Å². The van der Waals surface area contributed by atoms with Crippen LogP contribution < -0.4 is 4.74 Å². The van der Waals surface area contributed by atoms with Gasteiger partial charge in [0.2, 0.25) is 0 Å². The van der Waals surface area contributed by atoms with Crippen LogP contribution in [0.25, 0.3) is 6.08 Å². The maximum Gasteiger partial charge on any atom is 0.376 e. The Balaban J connectivity index is 3.04. The van der Waals surface area contributed by atoms with E-state index in [4.69, 9.17) is 9.84 Å². The third kappa shape index (κ3) is 3.32. The molecule has 6 heteroatoms. The Hall–Kier alpha value is -1.82. The molecule has 0 atom stereocenters. The number of carbonyl (C=O) groups excluding carboxylic acids is 1. The lowest BCUT2D eigenvalue weighted by Gasteiger charge is -2.06. The summed E-state index contributed by atoms with van der Waals surface area (Å²) in [6.07, 6.45) is 2.25. The highest BCUT2D eigenvalue weighted by atomic mass is 79.9. The molecule has 0 amide bonds. The quantitative estimate of drug-likeness (QED) is 0.655. The van der Waals surface area contributed by atoms with Crippen LogP contribution in [0.15, 0.2) is 22.7 Å². The van der Waals surface area contributed by atoms with Crippen LogP contribution in [-0.2, 0) is 9.59 Å². The number of carbonyl (C=O) groups is 2. The van der Waals surface area contributed by atoms with Crippen LogP contribution in [0.1, 0.15) is 5.56 Å². The molecule has 0 radical (unpaired) electrons. The summed E-state index contributed by atoms with van der Waals surface area (Å²) in [6.45, 7) is 0. The number of aromatic hydroxyl groups is 1. The minimum atomic E-state index is -1.52. The number of phenols is 1. The van der Waals surface area contributed by atoms with Crippen molar-refractivity contribution >= 4 is 33.8 Å². The highest BCUT2D eigenvalue weighted by molar-refractivity contribution is 9.10. The number of carboxylic acids is 1. The smallest absolute Gasteiger partial charge is 0.376 e. The molecule has 17 heavy (non-hydrogen) atoms. The zero-order valence-corrected chi connectivity index (χ0v) is 10.4. The van der Waals surface area contributed by atoms with E-state index in [0.717, 1.165) is 6.08 Å². The minimum Gasteiger partial charge on any atom is -0.503 e. The number of methoxy groups -OCH3 is 1. The van der Waals surface area contributed by atoms with E-state index in [1.54, 1.807) is 0 Å². The Bertz CT molecular complexity index is 493. The summed E-state index contributed by atoms with van der Waals surface area (Å²) in [5, 5.41) is 17.9. The van der Waals surface area contributed by atoms with E-state index in [2.05, 4.69) is 15.9 Å². The molecule has 0 unspecified atom stereocenters. The summed E-state index contributed by atoms with van der Waals surface area (Å²) < 4.78 is 5.29. The van der Waals surface area contributed by atoms with Crippen molar-refractivity contribution in [2.75, 3.05) is 7.11 Å². The van der Waals surface area contributed by atoms with Crippen molar-refractivity contribution in [1.82, 2.24) is 0 Å². The molecule has 0 aliphatic heterocycles. The summed E-state index contributed by atoms with van der Waals surface area (Å²) in [5.74, 6) is -2.38. The number of halogens is 1. The lowest BCUT2D eigenvalue weighted by molar-refractivity contribution is -0.146. The number of rotatable bonds is 4. The van der Waals surface area contributed by atoms with Gasteiger partial charge in [0.15, 0.2) is 11.5 Å². The van der Waals surface area contributed by atoms with Crippen molar-refractivity contribution in [2.45, 2.75) is 0 Å². The first-order valence-electron chi connectivity index (χ1n) is 4.47. The number of benzene rings is 1. The van der Waals surface area contributed by atoms with Gasteiger partial charge in [0.1, 0.15) is 0 Å². The van der Waals surface area contributed by atoms with E-state index < -0.39 is 11.8 Å². The molecular formula is C11H9BrO5. The molecule has 0 fully saturated rings. The highest BCUT2D eigenvalue weighted by Gasteiger charge is 2.09. The minimum absolute atomic E-state index is 0.0609. The lowest BCUT2D eigenvalue weighted by atomic mass is 10.1. The van der Waals surface area contributed by atoms with Crippen molar-refractivity contribution < 1.29 is 24.5 Å². The molecule has 1 aromatic carbocycles. The molecule has 5 nitrogen and oxygen atoms in total. The average Bonchev–Trinajstić information content (AvgIpc) is 2.29. The van der Waals surface area contributed by atoms with Crippen LogP contribution in [0, 0.1) is 0 Å². The van der Waals surface area contributed by atoms with Gasteiger partial charge in [0.25, 0.3) is 5.78 Å². The van der Waals surface area contributed by atoms with Crippen molar-refractivity contribution in [3.8, 4) is 11.5 Å². The molecule has 1 aromatic rings. The van der Waals surface area contributed by atoms with Crippen LogP contribution in [-0.4, -0.2) is 29.1 Å². The molecule has 0 saturated heterocycles. The van der Waals surface area contributed by atoms with Gasteiger partial charge in [-0.15, -0.1) is 0 Å². The van der Waals surface area contributed by atoms with E-state index in [0.29, 0.717) is 10.0 Å². The first kappa shape index (κ1) is 13.2. The predicted octanol–water partition coefficient (Wildman–Crippen LogP) is 1.83. The van der Waals surface area contributed by atoms with Crippen LogP contribution in [0.5, 0.6) is 11.5 Å². The summed E-state index contributed by atoms with van der Waals surface area (Å²) in [7, 11) is 1.39. The Morgan fingerprint density at radius 3 is 2.59 bits per heavy atom. The topological polar surface area (TPSA) is 83.8 Å². The Kier molecular flexibility index (Phi) is 4.28. The lowest BCUT2D eigenvalue weighted by Crippen LogP contribution is -2.08. The second-order valence-electron chi connectivity index (χ2n) is 3.06. The molecule has 1 rings (SSSR count). The van der Waals surface area contributed by atoms with Crippen molar-refractivity contribution in [2.24, 2.45) is 0 Å². The van der Waals surface area contributed by atoms with Gasteiger partial charge in [0, 0.05) is 0 Å². The Morgan fingerprint density at radius 1 is 1.41 bits per heavy atom. The second-order valence-corrected chi connectivity index (χ2v) is 3.91. The van der Waals surface area contributed by atoms with Crippen LogP contribution in [0.4, 0.5) is 0 Å². The Morgan fingerprint density at radius 2 is 2.06 bits per heavy atom. The van der Waals surface area contributed by atoms with Gasteiger partial charge in [-0.25, -0.2) is 4.79 Å². The standard InChI is InChI=1S/C11H9BrO5/c1-17-9-5-6(4-7(12)10(9)14)2-3-8(13)11(15)16/h2-5,14H,1H3,(H,15,16)/b3-2+. The van der Waals surface area contributed by atoms with Gasteiger partial charge in [0.05, 0.1) is 11.6 Å². The van der Waals surface area contributed by atoms with Crippen molar-refractivity contribution in [3.05, 3.63) is 28.2 Å². The molecule has 0 spiro atoms. The average molecular weight is 301 g/mol. The number of ether oxygens (including phenoxy) is 1. The number of carboxylic acid groups (broad SMARTS) is 1. The molecule has 0 aliphatic rings. The molecule has 0 aliphatic carbocycles. The fourth-order valence-electron chi connectivity index (χ4n) is 1.09. The summed E-state index contributed by atoms with van der Waals surface area (Å²) in [5.41, 5.74) is 0.529. The van der Waals surface area contributed by atoms with Gasteiger partial charge >= 0.3 is 5.97 Å². The number of phenolic OH excluding ortho intramolecular Hbond substituents is 1. The number of aliphatic carboxylic acids is 1. The van der Waals surface area contributed by atoms with Crippen molar-refractivity contribution in [1.29, 1.82) is 0 Å². The monoisotopic (exact) mass is 300 g/mol. The normalized spacial score (nSPS) is 10.5. The highest BCUT2D eigenvalue weighted by Crippen LogP contribution is 2.35. The predicted molar refractivity (Wildman–Crippen MR) is 64.0 cm³/mol. The molecule has 2 N–H and O–H groups in total. The summed E-state index contributed by atoms with van der Waals surface area (Å²) >= 11 is 3.11. The fraction of sp³-hybridized carbons (Fsp3) is 0.0909. The number of hydrogen-bond donors (Lipinski definition) is 2. The maximum atomic E-state index is 10.8. The number of hydrogen-bond acceptors (Lipinski definition) is 4. The zero-order chi connectivity index (χ0) is 13.0. The maximum absolute atomic E-state index is 10.8. The summed E-state index contributed by atoms with van der Waals surface area (Å²) in [6, 6.07) is 3.01. The number of ketones is 1. The SMILES string of the molecule is COc1cc(/C=C/C(=O)C(=O)O)cc(Br)c1O. The van der Waals surface area contributed by atoms with Gasteiger partial charge in [-0.05, 0) is 39.7 Å². The second kappa shape index (κ2) is 5.49. The largest absolute Gasteiger partial charge is 0.503 e. The van der Waals surface area contributed by atoms with Gasteiger partial charge < -0.3 is 14.9 Å². The van der Waals surface area contributed by atoms with E-state index in [-0.39, 0.29) is 11.5 Å². The van der Waals surface area contributed by atoms with Crippen LogP contribution in [0.3, 0.4) is 0 Å². The first-order chi connectivity index (χ1) is 7.95. The van der Waals surface area contributed by atoms with Gasteiger partial charge in [-0.2, -0.15) is 0 Å². The molecule has 90 valence electrons. The Labute approximate surface area is 105 Å². The molecule has 0 aromatic heterocycles. The molecule has 0 bridgehead atoms. The van der Waals surface area contributed by atoms with Gasteiger partial charge in [-0.3, -0.25) is 4.79 Å². The van der Waals surface area contributed by atoms with Crippen LogP contribution >= 0.6 is 15.9 Å². The molecule has 0 saturated carbocycles. The van der Waals surface area contributed by atoms with E-state index in [9.17, 15) is 14.7 Å². The third-order valence-corrected chi connectivity index (χ3v) is 2.51. The third-order valence-electron chi connectivity index (χ3n) is 1.91. The van der Waals surface area contributed by atoms with E-state index in [1.165, 1.54) is 25.3 Å². The summed E-state index contributed by atoms with van der Waals surface area (Å²) in [4.78, 5) is 21.1. The zero-order valence-electron chi connectivity index (χ0n) is 8.81. The molecular weight excluding hydrogens is 292 g/mol. The van der Waals surface area contributed by atoms with Crippen molar-refractivity contribution in [3.63, 3.8) is 0 Å². The fourth-order valence-corrected chi connectivity index (χ4v) is 1.55. The first-order valence-corrected chi connectivity index (χ1v) is 5.27. The van der Waals surface area contributed by atoms with E-state index in [1.807, 2.05) is 0 Å². The molecule has 0 heterocycles. The van der Waals surface area contributed by atoms with Crippen LogP contribution in [0.2, 0.25) is 0 Å².